The van der Waals surface area contributed by atoms with Gasteiger partial charge in [-0.25, -0.2) is 0 Å². The molecule has 108 valence electrons. The molecule has 0 aromatic rings. The first-order valence-corrected chi connectivity index (χ1v) is 7.92. The van der Waals surface area contributed by atoms with Crippen molar-refractivity contribution in [3.63, 3.8) is 0 Å². The van der Waals surface area contributed by atoms with E-state index in [0.717, 1.165) is 24.8 Å². The monoisotopic (exact) mass is 263 g/mol. The number of hydrogen-bond acceptors (Lipinski definition) is 3. The molecule has 0 spiro atoms. The third-order valence-electron chi connectivity index (χ3n) is 4.21. The molecule has 2 fully saturated rings. The SMILES string of the molecule is CC(C)NC(C)(C#N)CCN(CC1CC1)CC1CC1. The van der Waals surface area contributed by atoms with E-state index in [4.69, 9.17) is 0 Å². The molecule has 1 atom stereocenters. The van der Waals surface area contributed by atoms with Crippen LogP contribution in [0, 0.1) is 23.2 Å². The molecule has 19 heavy (non-hydrogen) atoms. The maximum absolute atomic E-state index is 9.40. The van der Waals surface area contributed by atoms with Crippen molar-refractivity contribution in [1.82, 2.24) is 10.2 Å². The Morgan fingerprint density at radius 2 is 1.74 bits per heavy atom. The first kappa shape index (κ1) is 14.8. The summed E-state index contributed by atoms with van der Waals surface area (Å²) >= 11 is 0. The van der Waals surface area contributed by atoms with Gasteiger partial charge in [-0.1, -0.05) is 0 Å². The highest BCUT2D eigenvalue weighted by molar-refractivity contribution is 5.05. The molecule has 1 N–H and O–H groups in total. The van der Waals surface area contributed by atoms with Crippen LogP contribution in [0.3, 0.4) is 0 Å². The number of nitrogens with one attached hydrogen (secondary N) is 1. The first-order chi connectivity index (χ1) is 9.00. The zero-order valence-corrected chi connectivity index (χ0v) is 12.8. The molecular formula is C16H29N3. The molecule has 2 saturated carbocycles. The van der Waals surface area contributed by atoms with E-state index >= 15 is 0 Å². The van der Waals surface area contributed by atoms with Crippen LogP contribution in [-0.2, 0) is 0 Å². The Labute approximate surface area is 118 Å². The number of nitrogens with zero attached hydrogens (tertiary/aromatic N) is 2. The molecule has 0 aromatic heterocycles. The largest absolute Gasteiger partial charge is 0.303 e. The van der Waals surface area contributed by atoms with E-state index in [9.17, 15) is 5.26 Å². The highest BCUT2D eigenvalue weighted by Gasteiger charge is 2.31. The van der Waals surface area contributed by atoms with E-state index in [0.29, 0.717) is 6.04 Å². The minimum absolute atomic E-state index is 0.366. The second-order valence-corrected chi connectivity index (χ2v) is 7.14. The van der Waals surface area contributed by atoms with Gasteiger partial charge in [0.15, 0.2) is 0 Å². The minimum Gasteiger partial charge on any atom is -0.303 e. The van der Waals surface area contributed by atoms with Gasteiger partial charge in [0.25, 0.3) is 0 Å². The van der Waals surface area contributed by atoms with Gasteiger partial charge in [0.1, 0.15) is 5.54 Å². The van der Waals surface area contributed by atoms with Gasteiger partial charge in [-0.3, -0.25) is 5.32 Å². The van der Waals surface area contributed by atoms with E-state index in [1.165, 1.54) is 38.8 Å². The first-order valence-electron chi connectivity index (χ1n) is 7.92. The Hall–Kier alpha value is -0.590. The molecule has 2 aliphatic carbocycles. The summed E-state index contributed by atoms with van der Waals surface area (Å²) in [5, 5.41) is 12.8. The summed E-state index contributed by atoms with van der Waals surface area (Å²) in [6.07, 6.45) is 6.60. The van der Waals surface area contributed by atoms with Gasteiger partial charge in [-0.05, 0) is 64.7 Å². The van der Waals surface area contributed by atoms with Crippen molar-refractivity contribution in [2.24, 2.45) is 11.8 Å². The van der Waals surface area contributed by atoms with Crippen LogP contribution in [0.1, 0.15) is 52.9 Å². The van der Waals surface area contributed by atoms with Crippen LogP contribution in [0.4, 0.5) is 0 Å². The molecule has 0 aromatic carbocycles. The van der Waals surface area contributed by atoms with E-state index < -0.39 is 0 Å². The topological polar surface area (TPSA) is 39.1 Å². The Balaban J connectivity index is 1.79. The van der Waals surface area contributed by atoms with Gasteiger partial charge in [0.2, 0.25) is 0 Å². The molecule has 3 nitrogen and oxygen atoms in total. The number of rotatable bonds is 9. The van der Waals surface area contributed by atoms with Crippen LogP contribution >= 0.6 is 0 Å². The molecule has 0 aliphatic heterocycles. The summed E-state index contributed by atoms with van der Waals surface area (Å²) in [5.74, 6) is 1.90. The summed E-state index contributed by atoms with van der Waals surface area (Å²) < 4.78 is 0. The predicted octanol–water partition coefficient (Wildman–Crippen LogP) is 2.78. The van der Waals surface area contributed by atoms with Crippen LogP contribution in [-0.4, -0.2) is 36.1 Å². The van der Waals surface area contributed by atoms with E-state index in [1.807, 2.05) is 6.92 Å². The molecule has 0 amide bonds. The Bertz CT molecular complexity index is 311. The number of hydrogen-bond donors (Lipinski definition) is 1. The van der Waals surface area contributed by atoms with Crippen LogP contribution in [0.25, 0.3) is 0 Å². The van der Waals surface area contributed by atoms with Crippen LogP contribution in [0.15, 0.2) is 0 Å². The normalized spacial score (nSPS) is 22.5. The van der Waals surface area contributed by atoms with Crippen LogP contribution in [0.2, 0.25) is 0 Å². The summed E-state index contributed by atoms with van der Waals surface area (Å²) in [4.78, 5) is 2.62. The third-order valence-corrected chi connectivity index (χ3v) is 4.21. The molecule has 0 bridgehead atoms. The van der Waals surface area contributed by atoms with Gasteiger partial charge in [0.05, 0.1) is 6.07 Å². The highest BCUT2D eigenvalue weighted by atomic mass is 15.1. The van der Waals surface area contributed by atoms with Crippen molar-refractivity contribution in [3.8, 4) is 6.07 Å². The smallest absolute Gasteiger partial charge is 0.105 e. The van der Waals surface area contributed by atoms with E-state index in [-0.39, 0.29) is 5.54 Å². The Morgan fingerprint density at radius 1 is 1.21 bits per heavy atom. The van der Waals surface area contributed by atoms with Crippen molar-refractivity contribution in [2.45, 2.75) is 64.5 Å². The summed E-state index contributed by atoms with van der Waals surface area (Å²) in [6, 6.07) is 2.83. The zero-order valence-electron chi connectivity index (χ0n) is 12.8. The van der Waals surface area contributed by atoms with Crippen molar-refractivity contribution < 1.29 is 0 Å². The number of nitriles is 1. The minimum atomic E-state index is -0.375. The van der Waals surface area contributed by atoms with Gasteiger partial charge < -0.3 is 4.90 Å². The Kier molecular flexibility index (Phi) is 4.86. The third kappa shape index (κ3) is 5.50. The summed E-state index contributed by atoms with van der Waals surface area (Å²) in [5.41, 5.74) is -0.375. The Morgan fingerprint density at radius 3 is 2.11 bits per heavy atom. The molecule has 1 unspecified atom stereocenters. The fourth-order valence-electron chi connectivity index (χ4n) is 2.77. The zero-order chi connectivity index (χ0) is 13.9. The highest BCUT2D eigenvalue weighted by Crippen LogP contribution is 2.34. The second kappa shape index (κ2) is 6.24. The lowest BCUT2D eigenvalue weighted by atomic mass is 9.98. The van der Waals surface area contributed by atoms with Gasteiger partial charge in [-0.15, -0.1) is 0 Å². The molecule has 2 rings (SSSR count). The average molecular weight is 263 g/mol. The fraction of sp³-hybridized carbons (Fsp3) is 0.938. The lowest BCUT2D eigenvalue weighted by Gasteiger charge is -2.30. The predicted molar refractivity (Wildman–Crippen MR) is 78.8 cm³/mol. The molecule has 2 aliphatic rings. The van der Waals surface area contributed by atoms with Gasteiger partial charge in [0, 0.05) is 25.7 Å². The lowest BCUT2D eigenvalue weighted by Crippen LogP contribution is -2.47. The van der Waals surface area contributed by atoms with E-state index in [2.05, 4.69) is 30.1 Å². The lowest BCUT2D eigenvalue weighted by molar-refractivity contribution is 0.224. The average Bonchev–Trinajstić information content (AvgIpc) is 3.20. The van der Waals surface area contributed by atoms with E-state index in [1.54, 1.807) is 0 Å². The van der Waals surface area contributed by atoms with Crippen LogP contribution in [0.5, 0.6) is 0 Å². The van der Waals surface area contributed by atoms with Gasteiger partial charge >= 0.3 is 0 Å². The molecule has 3 heteroatoms. The molecule has 0 heterocycles. The van der Waals surface area contributed by atoms with Crippen molar-refractivity contribution >= 4 is 0 Å². The standard InChI is InChI=1S/C16H29N3/c1-13(2)18-16(3,12-17)8-9-19(10-14-4-5-14)11-15-6-7-15/h13-15,18H,4-11H2,1-3H3. The molecular weight excluding hydrogens is 234 g/mol. The molecule has 0 saturated heterocycles. The second-order valence-electron chi connectivity index (χ2n) is 7.14. The van der Waals surface area contributed by atoms with Crippen molar-refractivity contribution in [1.29, 1.82) is 5.26 Å². The summed E-state index contributed by atoms with van der Waals surface area (Å²) in [6.45, 7) is 9.86. The summed E-state index contributed by atoms with van der Waals surface area (Å²) in [7, 11) is 0. The van der Waals surface area contributed by atoms with Gasteiger partial charge in [-0.2, -0.15) is 5.26 Å². The fourth-order valence-corrected chi connectivity index (χ4v) is 2.77. The maximum atomic E-state index is 9.40. The maximum Gasteiger partial charge on any atom is 0.105 e. The van der Waals surface area contributed by atoms with Crippen LogP contribution < -0.4 is 5.32 Å². The quantitative estimate of drug-likeness (QED) is 0.695. The van der Waals surface area contributed by atoms with Crippen molar-refractivity contribution in [2.75, 3.05) is 19.6 Å². The molecule has 0 radical (unpaired) electrons. The van der Waals surface area contributed by atoms with Crippen molar-refractivity contribution in [3.05, 3.63) is 0 Å².